The maximum Gasteiger partial charge on any atom is 1.00 e. The van der Waals surface area contributed by atoms with E-state index in [0.717, 1.165) is 11.3 Å². The zero-order valence-electron chi connectivity index (χ0n) is 9.01. The molecule has 8 nitrogen and oxygen atoms in total. The standard InChI is InChI=1S/C4H8N2O6P2S.2Na/c7-13(8,9)4(14(10,11)12)6-3-5-1-2-15-3;;/h1-2,4H,(H,5,6)(H2,7,8,9)(H2,10,11,12);;/q;2*+1/p-2. The van der Waals surface area contributed by atoms with Crippen LogP contribution in [0, 0.1) is 0 Å². The monoisotopic (exact) mass is 318 g/mol. The van der Waals surface area contributed by atoms with Crippen LogP contribution in [0.1, 0.15) is 0 Å². The first-order valence-corrected chi connectivity index (χ1v) is 7.61. The Morgan fingerprint density at radius 3 is 2.18 bits per heavy atom. The molecular weight excluding hydrogens is 312 g/mol. The van der Waals surface area contributed by atoms with Crippen LogP contribution < -0.4 is 74.2 Å². The third-order valence-electron chi connectivity index (χ3n) is 1.30. The van der Waals surface area contributed by atoms with E-state index < -0.39 is 20.7 Å². The zero-order valence-corrected chi connectivity index (χ0v) is 15.6. The molecule has 1 unspecified atom stereocenters. The number of aromatic nitrogens is 1. The average Bonchev–Trinajstić information content (AvgIpc) is 2.46. The van der Waals surface area contributed by atoms with Gasteiger partial charge in [-0.2, -0.15) is 0 Å². The summed E-state index contributed by atoms with van der Waals surface area (Å²) in [6.45, 7) is 0. The van der Waals surface area contributed by atoms with Crippen molar-refractivity contribution in [2.75, 3.05) is 5.32 Å². The predicted octanol–water partition coefficient (Wildman–Crippen LogP) is -7.06. The van der Waals surface area contributed by atoms with Crippen LogP contribution in [0.5, 0.6) is 0 Å². The molecule has 0 radical (unpaired) electrons. The van der Waals surface area contributed by atoms with Crippen molar-refractivity contribution >= 4 is 31.7 Å². The van der Waals surface area contributed by atoms with Gasteiger partial charge in [-0.25, -0.2) is 4.98 Å². The smallest absolute Gasteiger partial charge is 0.809 e. The first kappa shape index (κ1) is 21.0. The second kappa shape index (κ2) is 8.11. The van der Waals surface area contributed by atoms with Gasteiger partial charge in [0.25, 0.3) is 0 Å². The fraction of sp³-hybridized carbons (Fsp3) is 0.250. The molecule has 13 heteroatoms. The molecular formula is C4H6N2Na2O6P2S. The summed E-state index contributed by atoms with van der Waals surface area (Å²) in [5.74, 6) is 0. The van der Waals surface area contributed by atoms with Gasteiger partial charge in [-0.15, -0.1) is 11.3 Å². The van der Waals surface area contributed by atoms with Crippen molar-refractivity contribution in [2.24, 2.45) is 0 Å². The van der Waals surface area contributed by atoms with Crippen LogP contribution in [-0.2, 0) is 9.13 Å². The Kier molecular flexibility index (Phi) is 10.0. The average molecular weight is 318 g/mol. The second-order valence-corrected chi connectivity index (χ2v) is 7.08. The van der Waals surface area contributed by atoms with Gasteiger partial charge in [-0.1, -0.05) is 0 Å². The Balaban J connectivity index is 0. The van der Waals surface area contributed by atoms with E-state index in [1.54, 1.807) is 0 Å². The van der Waals surface area contributed by atoms with Crippen molar-refractivity contribution in [3.63, 3.8) is 0 Å². The fourth-order valence-electron chi connectivity index (χ4n) is 0.753. The van der Waals surface area contributed by atoms with E-state index in [1.165, 1.54) is 11.6 Å². The molecule has 17 heavy (non-hydrogen) atoms. The Morgan fingerprint density at radius 1 is 1.35 bits per heavy atom. The summed E-state index contributed by atoms with van der Waals surface area (Å²) in [4.78, 5) is 42.1. The number of hydrogen-bond acceptors (Lipinski definition) is 7. The normalized spacial score (nSPS) is 13.2. The van der Waals surface area contributed by atoms with Crippen LogP contribution in [0.15, 0.2) is 11.6 Å². The molecule has 86 valence electrons. The molecule has 0 saturated heterocycles. The summed E-state index contributed by atoms with van der Waals surface area (Å²) in [6.07, 6.45) is 1.30. The Bertz CT molecular complexity index is 396. The van der Waals surface area contributed by atoms with Gasteiger partial charge >= 0.3 is 66.7 Å². The third kappa shape index (κ3) is 7.17. The molecule has 0 amide bonds. The van der Waals surface area contributed by atoms with Crippen molar-refractivity contribution in [3.05, 3.63) is 11.6 Å². The van der Waals surface area contributed by atoms with Crippen molar-refractivity contribution < 1.29 is 87.8 Å². The van der Waals surface area contributed by atoms with Crippen molar-refractivity contribution in [2.45, 2.75) is 5.52 Å². The van der Waals surface area contributed by atoms with E-state index in [-0.39, 0.29) is 64.2 Å². The molecule has 0 aromatic carbocycles. The fourth-order valence-corrected chi connectivity index (χ4v) is 3.53. The predicted molar refractivity (Wildman–Crippen MR) is 49.2 cm³/mol. The van der Waals surface area contributed by atoms with Gasteiger partial charge < -0.3 is 29.5 Å². The summed E-state index contributed by atoms with van der Waals surface area (Å²) < 4.78 is 21.3. The molecule has 0 aliphatic rings. The largest absolute Gasteiger partial charge is 1.00 e. The summed E-state index contributed by atoms with van der Waals surface area (Å²) in [7, 11) is -10.5. The van der Waals surface area contributed by atoms with E-state index in [1.807, 2.05) is 5.32 Å². The van der Waals surface area contributed by atoms with Crippen LogP contribution >= 0.6 is 26.5 Å². The van der Waals surface area contributed by atoms with Gasteiger partial charge in [-0.05, 0) is 7.60 Å². The Morgan fingerprint density at radius 2 is 1.88 bits per heavy atom. The molecule has 0 fully saturated rings. The van der Waals surface area contributed by atoms with Crippen molar-refractivity contribution in [1.29, 1.82) is 0 Å². The molecule has 0 aliphatic heterocycles. The van der Waals surface area contributed by atoms with Gasteiger partial charge in [0.2, 0.25) is 0 Å². The van der Waals surface area contributed by atoms with Crippen LogP contribution in [0.4, 0.5) is 5.13 Å². The maximum atomic E-state index is 10.7. The van der Waals surface area contributed by atoms with Gasteiger partial charge in [-0.3, -0.25) is 4.57 Å². The number of nitrogens with one attached hydrogen (secondary N) is 1. The van der Waals surface area contributed by atoms with E-state index in [4.69, 9.17) is 9.79 Å². The Labute approximate surface area is 145 Å². The SMILES string of the molecule is O=P([O-])([O-])C(Nc1nccs1)P(=O)(O)O.[Na+].[Na+]. The molecule has 0 spiro atoms. The van der Waals surface area contributed by atoms with Crippen LogP contribution in [0.3, 0.4) is 0 Å². The van der Waals surface area contributed by atoms with Crippen molar-refractivity contribution in [3.8, 4) is 0 Å². The molecule has 3 N–H and O–H groups in total. The van der Waals surface area contributed by atoms with Gasteiger partial charge in [0.1, 0.15) is 0 Å². The van der Waals surface area contributed by atoms with Gasteiger partial charge in [0, 0.05) is 11.6 Å². The molecule has 1 heterocycles. The minimum absolute atomic E-state index is 0. The van der Waals surface area contributed by atoms with Crippen LogP contribution in [0.25, 0.3) is 0 Å². The molecule has 0 aliphatic carbocycles. The maximum absolute atomic E-state index is 10.7. The summed E-state index contributed by atoms with van der Waals surface area (Å²) in [5.41, 5.74) is -2.48. The Hall–Kier alpha value is 1.73. The first-order valence-electron chi connectivity index (χ1n) is 3.44. The topological polar surface area (TPSA) is 146 Å². The van der Waals surface area contributed by atoms with E-state index >= 15 is 0 Å². The molecule has 0 bridgehead atoms. The number of anilines is 1. The van der Waals surface area contributed by atoms with Gasteiger partial charge in [0.15, 0.2) is 10.7 Å². The van der Waals surface area contributed by atoms with E-state index in [0.29, 0.717) is 0 Å². The second-order valence-electron chi connectivity index (χ2n) is 2.48. The minimum Gasteiger partial charge on any atom is -0.809 e. The third-order valence-corrected chi connectivity index (χ3v) is 5.25. The molecule has 1 rings (SSSR count). The van der Waals surface area contributed by atoms with Gasteiger partial charge in [0.05, 0.1) is 0 Å². The van der Waals surface area contributed by atoms with Crippen molar-refractivity contribution in [1.82, 2.24) is 4.98 Å². The summed E-state index contributed by atoms with van der Waals surface area (Å²) >= 11 is 0.919. The number of rotatable bonds is 4. The summed E-state index contributed by atoms with van der Waals surface area (Å²) in [6, 6.07) is 0. The number of nitrogens with zero attached hydrogens (tertiary/aromatic N) is 1. The molecule has 1 aromatic rings. The molecule has 1 atom stereocenters. The number of thiazole rings is 1. The zero-order chi connectivity index (χ0) is 11.7. The van der Waals surface area contributed by atoms with Crippen LogP contribution in [0.2, 0.25) is 0 Å². The first-order chi connectivity index (χ1) is 6.71. The van der Waals surface area contributed by atoms with E-state index in [9.17, 15) is 18.9 Å². The minimum atomic E-state index is -5.45. The number of hydrogen-bond donors (Lipinski definition) is 3. The quantitative estimate of drug-likeness (QED) is 0.367. The van der Waals surface area contributed by atoms with E-state index in [2.05, 4.69) is 4.98 Å². The summed E-state index contributed by atoms with van der Waals surface area (Å²) in [5, 5.41) is 3.31. The van der Waals surface area contributed by atoms with Crippen LogP contribution in [-0.4, -0.2) is 20.3 Å². The molecule has 0 saturated carbocycles. The molecule has 1 aromatic heterocycles.